The van der Waals surface area contributed by atoms with Crippen LogP contribution in [0.4, 0.5) is 0 Å². The second kappa shape index (κ2) is 6.13. The summed E-state index contributed by atoms with van der Waals surface area (Å²) < 4.78 is 11.0. The highest BCUT2D eigenvalue weighted by molar-refractivity contribution is 5.91. The van der Waals surface area contributed by atoms with Crippen LogP contribution in [0.25, 0.3) is 0 Å². The van der Waals surface area contributed by atoms with E-state index in [1.807, 2.05) is 0 Å². The molecule has 3 aliphatic rings. The Bertz CT molecular complexity index is 676. The van der Waals surface area contributed by atoms with Crippen LogP contribution in [0.3, 0.4) is 0 Å². The van der Waals surface area contributed by atoms with Crippen molar-refractivity contribution in [3.8, 4) is 0 Å². The first kappa shape index (κ1) is 17.9. The lowest BCUT2D eigenvalue weighted by Gasteiger charge is -2.52. The summed E-state index contributed by atoms with van der Waals surface area (Å²) >= 11 is 0. The Morgan fingerprint density at radius 1 is 1.40 bits per heavy atom. The number of aliphatic hydroxyl groups excluding tert-OH is 1. The first-order chi connectivity index (χ1) is 11.7. The van der Waals surface area contributed by atoms with Gasteiger partial charge in [-0.25, -0.2) is 9.59 Å². The summed E-state index contributed by atoms with van der Waals surface area (Å²) in [6.07, 6.45) is 1.85. The number of hydrogen-bond acceptors (Lipinski definition) is 5. The van der Waals surface area contributed by atoms with Gasteiger partial charge in [-0.2, -0.15) is 0 Å². The van der Waals surface area contributed by atoms with E-state index in [0.717, 1.165) is 0 Å². The van der Waals surface area contributed by atoms with Crippen LogP contribution < -0.4 is 0 Å². The summed E-state index contributed by atoms with van der Waals surface area (Å²) in [5.74, 6) is -0.711. The fourth-order valence-corrected chi connectivity index (χ4v) is 4.58. The lowest BCUT2D eigenvalue weighted by atomic mass is 9.54. The van der Waals surface area contributed by atoms with E-state index in [1.54, 1.807) is 19.9 Å². The molecule has 0 spiro atoms. The number of carbonyl (C=O) groups excluding carboxylic acids is 2. The molecule has 3 fully saturated rings. The van der Waals surface area contributed by atoms with Gasteiger partial charge >= 0.3 is 11.9 Å². The molecular formula is C20H26O5. The maximum Gasteiger partial charge on any atom is 0.334 e. The summed E-state index contributed by atoms with van der Waals surface area (Å²) in [5.41, 5.74) is 1.47. The topological polar surface area (TPSA) is 72.8 Å². The Morgan fingerprint density at radius 3 is 2.72 bits per heavy atom. The van der Waals surface area contributed by atoms with Crippen LogP contribution >= 0.6 is 0 Å². The third-order valence-electron chi connectivity index (χ3n) is 6.28. The molecule has 0 aromatic rings. The third kappa shape index (κ3) is 2.84. The summed E-state index contributed by atoms with van der Waals surface area (Å²) in [6, 6.07) is 0. The number of aliphatic hydroxyl groups is 1. The highest BCUT2D eigenvalue weighted by atomic mass is 16.6. The molecule has 0 radical (unpaired) electrons. The van der Waals surface area contributed by atoms with Crippen LogP contribution in [-0.2, 0) is 19.1 Å². The van der Waals surface area contributed by atoms with Crippen molar-refractivity contribution in [3.63, 3.8) is 0 Å². The molecule has 2 saturated carbocycles. The smallest absolute Gasteiger partial charge is 0.334 e. The average Bonchev–Trinajstić information content (AvgIpc) is 2.83. The zero-order valence-corrected chi connectivity index (χ0v) is 15.1. The minimum Gasteiger partial charge on any atom is -0.458 e. The standard InChI is InChI=1S/C20H26O5/c1-6-10(2)18(22)25-16-9-20(5)8-15-13(11(3)19(23)24-15)7-14(20)12(4)17(16)21/h6,13-17,21H,3-4,7-9H2,1-2,5H3/b10-6-/t13-,14+,15-,16-,17-,20+/m1/s1. The summed E-state index contributed by atoms with van der Waals surface area (Å²) in [4.78, 5) is 24.0. The van der Waals surface area contributed by atoms with E-state index in [-0.39, 0.29) is 29.3 Å². The maximum atomic E-state index is 12.1. The molecular weight excluding hydrogens is 320 g/mol. The van der Waals surface area contributed by atoms with Crippen molar-refractivity contribution in [2.45, 2.75) is 58.3 Å². The van der Waals surface area contributed by atoms with Gasteiger partial charge in [0.25, 0.3) is 0 Å². The van der Waals surface area contributed by atoms with Crippen LogP contribution in [0.15, 0.2) is 36.0 Å². The normalized spacial score (nSPS) is 41.0. The molecule has 0 aromatic carbocycles. The molecule has 136 valence electrons. The molecule has 3 rings (SSSR count). The van der Waals surface area contributed by atoms with Gasteiger partial charge in [-0.15, -0.1) is 0 Å². The van der Waals surface area contributed by atoms with E-state index in [1.165, 1.54) is 0 Å². The summed E-state index contributed by atoms with van der Waals surface area (Å²) in [7, 11) is 0. The number of allylic oxidation sites excluding steroid dienone is 1. The Morgan fingerprint density at radius 2 is 2.08 bits per heavy atom. The Hall–Kier alpha value is -1.88. The maximum absolute atomic E-state index is 12.1. The molecule has 25 heavy (non-hydrogen) atoms. The van der Waals surface area contributed by atoms with E-state index in [9.17, 15) is 14.7 Å². The molecule has 5 heteroatoms. The van der Waals surface area contributed by atoms with Gasteiger partial charge in [0.05, 0.1) is 0 Å². The highest BCUT2D eigenvalue weighted by Crippen LogP contribution is 2.57. The van der Waals surface area contributed by atoms with E-state index in [2.05, 4.69) is 20.1 Å². The lowest BCUT2D eigenvalue weighted by Crippen LogP contribution is -2.52. The van der Waals surface area contributed by atoms with Crippen molar-refractivity contribution in [2.24, 2.45) is 17.3 Å². The number of carbonyl (C=O) groups is 2. The molecule has 0 unspecified atom stereocenters. The van der Waals surface area contributed by atoms with Gasteiger partial charge in [0.1, 0.15) is 18.3 Å². The molecule has 6 atom stereocenters. The van der Waals surface area contributed by atoms with Crippen LogP contribution in [0.2, 0.25) is 0 Å². The Balaban J connectivity index is 1.83. The molecule has 0 aromatic heterocycles. The predicted octanol–water partition coefficient (Wildman–Crippen LogP) is 2.70. The first-order valence-electron chi connectivity index (χ1n) is 8.78. The van der Waals surface area contributed by atoms with Gasteiger partial charge in [0.2, 0.25) is 0 Å². The molecule has 0 amide bonds. The number of hydrogen-bond donors (Lipinski definition) is 1. The van der Waals surface area contributed by atoms with Gasteiger partial charge in [-0.1, -0.05) is 26.2 Å². The Kier molecular flexibility index (Phi) is 4.40. The van der Waals surface area contributed by atoms with Crippen molar-refractivity contribution in [3.05, 3.63) is 36.0 Å². The van der Waals surface area contributed by atoms with Crippen molar-refractivity contribution >= 4 is 11.9 Å². The predicted molar refractivity (Wildman–Crippen MR) is 92.4 cm³/mol. The molecule has 1 aliphatic heterocycles. The van der Waals surface area contributed by atoms with Gasteiger partial charge in [-0.3, -0.25) is 0 Å². The fraction of sp³-hybridized carbons (Fsp3) is 0.600. The lowest BCUT2D eigenvalue weighted by molar-refractivity contribution is -0.159. The van der Waals surface area contributed by atoms with Gasteiger partial charge in [-0.05, 0) is 50.0 Å². The van der Waals surface area contributed by atoms with Crippen molar-refractivity contribution < 1.29 is 24.2 Å². The first-order valence-corrected chi connectivity index (χ1v) is 8.78. The Labute approximate surface area is 148 Å². The van der Waals surface area contributed by atoms with Crippen LogP contribution in [0, 0.1) is 17.3 Å². The third-order valence-corrected chi connectivity index (χ3v) is 6.28. The van der Waals surface area contributed by atoms with E-state index < -0.39 is 18.2 Å². The van der Waals surface area contributed by atoms with Crippen LogP contribution in [-0.4, -0.2) is 35.4 Å². The largest absolute Gasteiger partial charge is 0.458 e. The van der Waals surface area contributed by atoms with Gasteiger partial charge in [0, 0.05) is 17.1 Å². The van der Waals surface area contributed by atoms with Crippen LogP contribution in [0.1, 0.15) is 40.0 Å². The van der Waals surface area contributed by atoms with E-state index >= 15 is 0 Å². The van der Waals surface area contributed by atoms with Crippen LogP contribution in [0.5, 0.6) is 0 Å². The monoisotopic (exact) mass is 346 g/mol. The number of fused-ring (bicyclic) bond motifs is 2. The molecule has 1 saturated heterocycles. The minimum absolute atomic E-state index is 0.0149. The van der Waals surface area contributed by atoms with Crippen molar-refractivity contribution in [1.29, 1.82) is 0 Å². The van der Waals surface area contributed by atoms with E-state index in [4.69, 9.17) is 9.47 Å². The summed E-state index contributed by atoms with van der Waals surface area (Å²) in [6.45, 7) is 13.5. The molecule has 1 N–H and O–H groups in total. The molecule has 5 nitrogen and oxygen atoms in total. The average molecular weight is 346 g/mol. The second-order valence-corrected chi connectivity index (χ2v) is 7.86. The zero-order valence-electron chi connectivity index (χ0n) is 15.1. The van der Waals surface area contributed by atoms with E-state index in [0.29, 0.717) is 36.0 Å². The number of ether oxygens (including phenoxy) is 2. The van der Waals surface area contributed by atoms with Gasteiger partial charge < -0.3 is 14.6 Å². The van der Waals surface area contributed by atoms with Crippen molar-refractivity contribution in [2.75, 3.05) is 0 Å². The molecule has 0 bridgehead atoms. The second-order valence-electron chi connectivity index (χ2n) is 7.86. The molecule has 2 aliphatic carbocycles. The van der Waals surface area contributed by atoms with Crippen molar-refractivity contribution in [1.82, 2.24) is 0 Å². The van der Waals surface area contributed by atoms with Gasteiger partial charge in [0.15, 0.2) is 0 Å². The fourth-order valence-electron chi connectivity index (χ4n) is 4.58. The molecule has 1 heterocycles. The minimum atomic E-state index is -0.894. The quantitative estimate of drug-likeness (QED) is 0.473. The summed E-state index contributed by atoms with van der Waals surface area (Å²) in [5, 5.41) is 10.6. The SMILES string of the molecule is C=C1C(=O)O[C@@H]2C[C@@]3(C)C[C@@H](OC(=O)/C(C)=C\C)[C@H](O)C(=C)[C@@H]3C[C@H]12. The highest BCUT2D eigenvalue weighted by Gasteiger charge is 2.56. The number of esters is 2. The number of rotatable bonds is 2. The zero-order chi connectivity index (χ0) is 18.5.